The first kappa shape index (κ1) is 15.3. The van der Waals surface area contributed by atoms with Crippen molar-refractivity contribution < 1.29 is 14.3 Å². The van der Waals surface area contributed by atoms with Gasteiger partial charge >= 0.3 is 5.97 Å². The van der Waals surface area contributed by atoms with Gasteiger partial charge < -0.3 is 9.47 Å². The molecule has 0 amide bonds. The fourth-order valence-corrected chi connectivity index (χ4v) is 2.98. The fourth-order valence-electron chi connectivity index (χ4n) is 2.98. The van der Waals surface area contributed by atoms with Gasteiger partial charge in [0, 0.05) is 19.0 Å². The molecule has 21 heavy (non-hydrogen) atoms. The lowest BCUT2D eigenvalue weighted by Crippen LogP contribution is -2.42. The summed E-state index contributed by atoms with van der Waals surface area (Å²) >= 11 is 0. The number of rotatable bonds is 4. The Balaban J connectivity index is 2.32. The highest BCUT2D eigenvalue weighted by Crippen LogP contribution is 2.37. The van der Waals surface area contributed by atoms with E-state index in [4.69, 9.17) is 14.7 Å². The second-order valence-corrected chi connectivity index (χ2v) is 5.16. The van der Waals surface area contributed by atoms with E-state index in [1.165, 1.54) is 7.11 Å². The molecule has 0 radical (unpaired) electrons. The number of carbonyl (C=O) groups is 1. The van der Waals surface area contributed by atoms with Gasteiger partial charge in [0.1, 0.15) is 5.75 Å². The molecule has 0 saturated carbocycles. The van der Waals surface area contributed by atoms with Gasteiger partial charge in [-0.05, 0) is 18.1 Å². The molecule has 2 rings (SSSR count). The summed E-state index contributed by atoms with van der Waals surface area (Å²) in [6, 6.07) is 9.90. The highest BCUT2D eigenvalue weighted by molar-refractivity contribution is 5.74. The molecule has 2 atom stereocenters. The average Bonchev–Trinajstić information content (AvgIpc) is 2.54. The van der Waals surface area contributed by atoms with Crippen LogP contribution in [-0.4, -0.2) is 44.7 Å². The van der Waals surface area contributed by atoms with E-state index >= 15 is 0 Å². The van der Waals surface area contributed by atoms with Crippen LogP contribution in [-0.2, 0) is 9.53 Å². The van der Waals surface area contributed by atoms with Crippen LogP contribution in [0.3, 0.4) is 0 Å². The van der Waals surface area contributed by atoms with Crippen molar-refractivity contribution in [1.82, 2.24) is 4.90 Å². The van der Waals surface area contributed by atoms with Gasteiger partial charge in [-0.2, -0.15) is 5.26 Å². The highest BCUT2D eigenvalue weighted by atomic mass is 16.5. The third kappa shape index (κ3) is 3.34. The van der Waals surface area contributed by atoms with Gasteiger partial charge in [0.15, 0.2) is 0 Å². The van der Waals surface area contributed by atoms with E-state index in [-0.39, 0.29) is 17.8 Å². The van der Waals surface area contributed by atoms with Crippen molar-refractivity contribution >= 4 is 5.97 Å². The lowest BCUT2D eigenvalue weighted by atomic mass is 9.80. The van der Waals surface area contributed by atoms with Gasteiger partial charge in [-0.1, -0.05) is 18.2 Å². The number of methoxy groups -OCH3 is 2. The largest absolute Gasteiger partial charge is 0.496 e. The van der Waals surface area contributed by atoms with E-state index < -0.39 is 0 Å². The first-order valence-corrected chi connectivity index (χ1v) is 7.01. The number of nitriles is 1. The maximum Gasteiger partial charge on any atom is 0.309 e. The monoisotopic (exact) mass is 288 g/mol. The molecule has 0 spiro atoms. The van der Waals surface area contributed by atoms with Crippen LogP contribution in [0.5, 0.6) is 5.75 Å². The Morgan fingerprint density at radius 1 is 1.43 bits per heavy atom. The van der Waals surface area contributed by atoms with E-state index in [2.05, 4.69) is 11.0 Å². The molecule has 5 heteroatoms. The van der Waals surface area contributed by atoms with Crippen molar-refractivity contribution in [2.45, 2.75) is 12.3 Å². The molecular formula is C16H20N2O3. The normalized spacial score (nSPS) is 22.3. The van der Waals surface area contributed by atoms with Gasteiger partial charge in [0.05, 0.1) is 32.8 Å². The van der Waals surface area contributed by atoms with E-state index in [0.717, 1.165) is 17.9 Å². The van der Waals surface area contributed by atoms with Crippen molar-refractivity contribution in [3.05, 3.63) is 29.8 Å². The highest BCUT2D eigenvalue weighted by Gasteiger charge is 2.37. The molecule has 0 aliphatic carbocycles. The van der Waals surface area contributed by atoms with Crippen LogP contribution >= 0.6 is 0 Å². The minimum absolute atomic E-state index is 0.0179. The summed E-state index contributed by atoms with van der Waals surface area (Å²) in [5.41, 5.74) is 0.998. The van der Waals surface area contributed by atoms with E-state index in [9.17, 15) is 4.79 Å². The lowest BCUT2D eigenvalue weighted by Gasteiger charge is -2.36. The number of hydrogen-bond acceptors (Lipinski definition) is 5. The predicted molar refractivity (Wildman–Crippen MR) is 77.9 cm³/mol. The van der Waals surface area contributed by atoms with Crippen molar-refractivity contribution in [2.24, 2.45) is 5.92 Å². The Bertz CT molecular complexity index is 539. The van der Waals surface area contributed by atoms with Gasteiger partial charge in [-0.25, -0.2) is 0 Å². The first-order chi connectivity index (χ1) is 10.2. The van der Waals surface area contributed by atoms with E-state index in [1.54, 1.807) is 7.11 Å². The Labute approximate surface area is 125 Å². The van der Waals surface area contributed by atoms with Gasteiger partial charge in [0.2, 0.25) is 0 Å². The van der Waals surface area contributed by atoms with Gasteiger partial charge in [-0.15, -0.1) is 0 Å². The third-order valence-corrected chi connectivity index (χ3v) is 4.03. The number of hydrogen-bond donors (Lipinski definition) is 0. The fraction of sp³-hybridized carbons (Fsp3) is 0.500. The number of carbonyl (C=O) groups excluding carboxylic acids is 1. The van der Waals surface area contributed by atoms with Crippen LogP contribution < -0.4 is 4.74 Å². The SMILES string of the molecule is COC(=O)C1CCN(CC#N)CC1c1ccccc1OC. The Morgan fingerprint density at radius 3 is 2.86 bits per heavy atom. The molecule has 5 nitrogen and oxygen atoms in total. The number of benzene rings is 1. The summed E-state index contributed by atoms with van der Waals surface area (Å²) in [7, 11) is 3.05. The number of esters is 1. The molecule has 0 N–H and O–H groups in total. The molecule has 0 aromatic heterocycles. The maximum absolute atomic E-state index is 12.1. The van der Waals surface area contributed by atoms with Gasteiger partial charge in [0.25, 0.3) is 0 Å². The molecule has 112 valence electrons. The second kappa shape index (κ2) is 7.09. The van der Waals surface area contributed by atoms with Crippen molar-refractivity contribution in [1.29, 1.82) is 5.26 Å². The molecule has 1 aliphatic rings. The number of nitrogens with zero attached hydrogens (tertiary/aromatic N) is 2. The third-order valence-electron chi connectivity index (χ3n) is 4.03. The maximum atomic E-state index is 12.1. The van der Waals surface area contributed by atoms with Crippen LogP contribution in [0.4, 0.5) is 0 Å². The van der Waals surface area contributed by atoms with Crippen LogP contribution in [0.2, 0.25) is 0 Å². The summed E-state index contributed by atoms with van der Waals surface area (Å²) < 4.78 is 10.4. The lowest BCUT2D eigenvalue weighted by molar-refractivity contribution is -0.147. The van der Waals surface area contributed by atoms with Crippen LogP contribution in [0.25, 0.3) is 0 Å². The number of para-hydroxylation sites is 1. The molecule has 0 bridgehead atoms. The summed E-state index contributed by atoms with van der Waals surface area (Å²) in [4.78, 5) is 14.1. The predicted octanol–water partition coefficient (Wildman–Crippen LogP) is 1.80. The van der Waals surface area contributed by atoms with Crippen LogP contribution in [0, 0.1) is 17.2 Å². The average molecular weight is 288 g/mol. The molecule has 1 aliphatic heterocycles. The summed E-state index contributed by atoms with van der Waals surface area (Å²) in [5, 5.41) is 8.89. The summed E-state index contributed by atoms with van der Waals surface area (Å²) in [6.07, 6.45) is 0.692. The van der Waals surface area contributed by atoms with Crippen LogP contribution in [0.15, 0.2) is 24.3 Å². The number of piperidine rings is 1. The molecule has 1 aromatic carbocycles. The Kier molecular flexibility index (Phi) is 5.18. The minimum Gasteiger partial charge on any atom is -0.496 e. The van der Waals surface area contributed by atoms with Crippen molar-refractivity contribution in [3.63, 3.8) is 0 Å². The molecule has 1 heterocycles. The molecule has 1 aromatic rings. The van der Waals surface area contributed by atoms with E-state index in [1.807, 2.05) is 24.3 Å². The Morgan fingerprint density at radius 2 is 2.19 bits per heavy atom. The number of likely N-dealkylation sites (tertiary alicyclic amines) is 1. The second-order valence-electron chi connectivity index (χ2n) is 5.16. The zero-order valence-electron chi connectivity index (χ0n) is 12.4. The molecule has 2 unspecified atom stereocenters. The zero-order chi connectivity index (χ0) is 15.2. The molecule has 1 saturated heterocycles. The van der Waals surface area contributed by atoms with Crippen LogP contribution in [0.1, 0.15) is 17.9 Å². The zero-order valence-corrected chi connectivity index (χ0v) is 12.4. The van der Waals surface area contributed by atoms with E-state index in [0.29, 0.717) is 19.5 Å². The summed E-state index contributed by atoms with van der Waals surface area (Å²) in [5.74, 6) is 0.370. The quantitative estimate of drug-likeness (QED) is 0.624. The topological polar surface area (TPSA) is 62.6 Å². The minimum atomic E-state index is -0.193. The first-order valence-electron chi connectivity index (χ1n) is 7.01. The smallest absolute Gasteiger partial charge is 0.309 e. The van der Waals surface area contributed by atoms with Crippen molar-refractivity contribution in [2.75, 3.05) is 33.9 Å². The summed E-state index contributed by atoms with van der Waals surface area (Å²) in [6.45, 7) is 1.77. The Hall–Kier alpha value is -2.06. The van der Waals surface area contributed by atoms with Crippen molar-refractivity contribution in [3.8, 4) is 11.8 Å². The number of ether oxygens (including phenoxy) is 2. The molecular weight excluding hydrogens is 268 g/mol. The standard InChI is InChI=1S/C16H20N2O3/c1-20-15-6-4-3-5-12(15)14-11-18(10-8-17)9-7-13(14)16(19)21-2/h3-6,13-14H,7,9-11H2,1-2H3. The molecule has 1 fully saturated rings. The van der Waals surface area contributed by atoms with Gasteiger partial charge in [-0.3, -0.25) is 9.69 Å².